The molecule has 0 saturated carbocycles. The number of fused-ring (bicyclic) bond motifs is 1. The highest BCUT2D eigenvalue weighted by Gasteiger charge is 2.47. The van der Waals surface area contributed by atoms with Gasteiger partial charge in [0.15, 0.2) is 5.82 Å². The number of rotatable bonds is 10. The van der Waals surface area contributed by atoms with Crippen LogP contribution in [0.2, 0.25) is 0 Å². The Morgan fingerprint density at radius 2 is 1.82 bits per heavy atom. The molecule has 0 aliphatic carbocycles. The van der Waals surface area contributed by atoms with Crippen molar-refractivity contribution in [1.29, 1.82) is 0 Å². The second-order valence-electron chi connectivity index (χ2n) is 12.0. The number of ketones is 1. The molecule has 0 unspecified atom stereocenters. The van der Waals surface area contributed by atoms with Crippen molar-refractivity contribution < 1.29 is 9.59 Å². The van der Waals surface area contributed by atoms with Crippen molar-refractivity contribution in [3.8, 4) is 0 Å². The Hall–Kier alpha value is -3.75. The summed E-state index contributed by atoms with van der Waals surface area (Å²) in [6.45, 7) is 9.45. The van der Waals surface area contributed by atoms with Gasteiger partial charge in [-0.05, 0) is 57.7 Å². The summed E-state index contributed by atoms with van der Waals surface area (Å²) in [4.78, 5) is 43.0. The molecule has 1 spiro atoms. The van der Waals surface area contributed by atoms with Gasteiger partial charge in [-0.15, -0.1) is 0 Å². The molecule has 9 nitrogen and oxygen atoms in total. The molecule has 3 aromatic rings. The van der Waals surface area contributed by atoms with Crippen LogP contribution in [0, 0.1) is 5.41 Å². The van der Waals surface area contributed by atoms with Gasteiger partial charge in [-0.3, -0.25) is 4.79 Å². The molecule has 4 heterocycles. The van der Waals surface area contributed by atoms with Crippen LogP contribution in [0.4, 0.5) is 17.5 Å². The Bertz CT molecular complexity index is 1360. The van der Waals surface area contributed by atoms with Crippen molar-refractivity contribution >= 4 is 40.2 Å². The third-order valence-corrected chi connectivity index (χ3v) is 8.62. The Morgan fingerprint density at radius 1 is 1.10 bits per heavy atom. The molecule has 2 saturated heterocycles. The fraction of sp³-hybridized carbons (Fsp3) is 0.516. The number of aromatic nitrogens is 3. The maximum absolute atomic E-state index is 13.4. The summed E-state index contributed by atoms with van der Waals surface area (Å²) in [5.41, 5.74) is 8.85. The van der Waals surface area contributed by atoms with E-state index in [2.05, 4.69) is 63.3 Å². The molecule has 2 fully saturated rings. The van der Waals surface area contributed by atoms with Crippen LogP contribution in [-0.2, 0) is 4.79 Å². The fourth-order valence-electron chi connectivity index (χ4n) is 6.08. The SMILES string of the molecule is CCCC[C@](C)(CCC(C)=O)Nc1nc(N)nc2cc(C(=O)N3CC4(CCN(c5ccccc5)CC4)C3)cnc12. The molecule has 1 atom stereocenters. The smallest absolute Gasteiger partial charge is 0.255 e. The minimum Gasteiger partial charge on any atom is -0.371 e. The van der Waals surface area contributed by atoms with Crippen molar-refractivity contribution in [3.05, 3.63) is 48.2 Å². The van der Waals surface area contributed by atoms with Gasteiger partial charge in [-0.2, -0.15) is 4.98 Å². The summed E-state index contributed by atoms with van der Waals surface area (Å²) >= 11 is 0. The topological polar surface area (TPSA) is 117 Å². The first-order valence-electron chi connectivity index (χ1n) is 14.5. The normalized spacial score (nSPS) is 17.9. The molecule has 0 radical (unpaired) electrons. The van der Waals surface area contributed by atoms with E-state index < -0.39 is 0 Å². The second kappa shape index (κ2) is 11.4. The number of pyridine rings is 1. The number of unbranched alkanes of at least 4 members (excludes halogenated alkanes) is 1. The maximum Gasteiger partial charge on any atom is 0.255 e. The number of piperidine rings is 1. The fourth-order valence-corrected chi connectivity index (χ4v) is 6.08. The van der Waals surface area contributed by atoms with Crippen LogP contribution in [0.1, 0.15) is 76.1 Å². The number of benzene rings is 1. The number of hydrogen-bond acceptors (Lipinski definition) is 8. The number of carbonyl (C=O) groups excluding carboxylic acids is 2. The number of likely N-dealkylation sites (tertiary alicyclic amines) is 1. The third-order valence-electron chi connectivity index (χ3n) is 8.62. The lowest BCUT2D eigenvalue weighted by atomic mass is 9.71. The van der Waals surface area contributed by atoms with E-state index in [4.69, 9.17) is 5.73 Å². The molecule has 5 rings (SSSR count). The van der Waals surface area contributed by atoms with Crippen LogP contribution in [-0.4, -0.2) is 63.3 Å². The van der Waals surface area contributed by atoms with Gasteiger partial charge in [0.25, 0.3) is 5.91 Å². The average Bonchev–Trinajstić information content (AvgIpc) is 2.93. The van der Waals surface area contributed by atoms with E-state index in [1.54, 1.807) is 19.2 Å². The van der Waals surface area contributed by atoms with Crippen molar-refractivity contribution in [2.75, 3.05) is 42.1 Å². The molecule has 40 heavy (non-hydrogen) atoms. The Labute approximate surface area is 236 Å². The van der Waals surface area contributed by atoms with Crippen molar-refractivity contribution in [2.24, 2.45) is 5.41 Å². The van der Waals surface area contributed by atoms with Crippen LogP contribution in [0.15, 0.2) is 42.6 Å². The van der Waals surface area contributed by atoms with E-state index in [0.717, 1.165) is 58.3 Å². The number of Topliss-reactive ketones (excluding diaryl/α,β-unsaturated/α-hetero) is 1. The first kappa shape index (κ1) is 27.8. The van der Waals surface area contributed by atoms with Crippen LogP contribution < -0.4 is 16.0 Å². The second-order valence-corrected chi connectivity index (χ2v) is 12.0. The van der Waals surface area contributed by atoms with Crippen molar-refractivity contribution in [1.82, 2.24) is 19.9 Å². The molecular formula is C31H41N7O2. The minimum absolute atomic E-state index is 0.0218. The number of amides is 1. The number of nitrogen functional groups attached to an aromatic ring is 1. The number of para-hydroxylation sites is 1. The number of anilines is 3. The summed E-state index contributed by atoms with van der Waals surface area (Å²) in [6.07, 6.45) is 7.92. The number of nitrogens with zero attached hydrogens (tertiary/aromatic N) is 5. The zero-order valence-electron chi connectivity index (χ0n) is 23.9. The molecule has 212 valence electrons. The molecule has 3 N–H and O–H groups in total. The monoisotopic (exact) mass is 543 g/mol. The zero-order valence-corrected chi connectivity index (χ0v) is 23.9. The molecule has 0 bridgehead atoms. The largest absolute Gasteiger partial charge is 0.371 e. The lowest BCUT2D eigenvalue weighted by molar-refractivity contribution is -0.117. The van der Waals surface area contributed by atoms with Gasteiger partial charge in [0.05, 0.1) is 11.1 Å². The number of nitrogens with one attached hydrogen (secondary N) is 1. The highest BCUT2D eigenvalue weighted by molar-refractivity contribution is 5.98. The summed E-state index contributed by atoms with van der Waals surface area (Å²) in [7, 11) is 0. The molecule has 2 aliphatic rings. The number of hydrogen-bond donors (Lipinski definition) is 2. The predicted octanol–water partition coefficient (Wildman–Crippen LogP) is 5.08. The quantitative estimate of drug-likeness (QED) is 0.364. The van der Waals surface area contributed by atoms with Gasteiger partial charge < -0.3 is 25.6 Å². The van der Waals surface area contributed by atoms with Gasteiger partial charge in [0.2, 0.25) is 5.95 Å². The van der Waals surface area contributed by atoms with Gasteiger partial charge in [-0.25, -0.2) is 9.97 Å². The van der Waals surface area contributed by atoms with Crippen LogP contribution in [0.3, 0.4) is 0 Å². The lowest BCUT2D eigenvalue weighted by Gasteiger charge is -2.54. The highest BCUT2D eigenvalue weighted by Crippen LogP contribution is 2.42. The standard InChI is InChI=1S/C31H41N7O2/c1-4-5-12-30(3,13-11-22(2)39)36-27-26-25(34-29(32)35-27)18-23(19-33-26)28(40)38-20-31(21-38)14-16-37(17-15-31)24-9-7-6-8-10-24/h6-10,18-19H,4-5,11-17,20-21H2,1-3H3,(H3,32,34,35,36)/t30-/m1/s1. The van der Waals surface area contributed by atoms with E-state index in [0.29, 0.717) is 35.3 Å². The molecule has 2 aliphatic heterocycles. The summed E-state index contributed by atoms with van der Waals surface area (Å²) < 4.78 is 0. The highest BCUT2D eigenvalue weighted by atomic mass is 16.2. The van der Waals surface area contributed by atoms with Gasteiger partial charge >= 0.3 is 0 Å². The van der Waals surface area contributed by atoms with Crippen LogP contribution in [0.5, 0.6) is 0 Å². The average molecular weight is 544 g/mol. The first-order valence-corrected chi connectivity index (χ1v) is 14.5. The number of carbonyl (C=O) groups is 2. The Kier molecular flexibility index (Phi) is 7.92. The molecule has 2 aromatic heterocycles. The lowest BCUT2D eigenvalue weighted by Crippen LogP contribution is -2.61. The van der Waals surface area contributed by atoms with Crippen molar-refractivity contribution in [3.63, 3.8) is 0 Å². The summed E-state index contributed by atoms with van der Waals surface area (Å²) in [5, 5.41) is 3.53. The third kappa shape index (κ3) is 6.03. The van der Waals surface area contributed by atoms with E-state index in [1.807, 2.05) is 11.0 Å². The molecule has 1 amide bonds. The van der Waals surface area contributed by atoms with E-state index >= 15 is 0 Å². The maximum atomic E-state index is 13.4. The predicted molar refractivity (Wildman–Crippen MR) is 159 cm³/mol. The van der Waals surface area contributed by atoms with Crippen LogP contribution >= 0.6 is 0 Å². The number of nitrogens with two attached hydrogens (primary N) is 1. The van der Waals surface area contributed by atoms with E-state index in [-0.39, 0.29) is 28.6 Å². The van der Waals surface area contributed by atoms with Gasteiger partial charge in [-0.1, -0.05) is 38.0 Å². The molecule has 9 heteroatoms. The van der Waals surface area contributed by atoms with Crippen LogP contribution in [0.25, 0.3) is 11.0 Å². The zero-order chi connectivity index (χ0) is 28.3. The van der Waals surface area contributed by atoms with Gasteiger partial charge in [0, 0.05) is 55.4 Å². The molecular weight excluding hydrogens is 502 g/mol. The van der Waals surface area contributed by atoms with E-state index in [1.165, 1.54) is 5.69 Å². The summed E-state index contributed by atoms with van der Waals surface area (Å²) in [6, 6.07) is 12.3. The molecule has 1 aromatic carbocycles. The van der Waals surface area contributed by atoms with Gasteiger partial charge in [0.1, 0.15) is 11.3 Å². The Balaban J connectivity index is 1.27. The first-order chi connectivity index (χ1) is 19.2. The van der Waals surface area contributed by atoms with Crippen molar-refractivity contribution in [2.45, 2.75) is 71.3 Å². The minimum atomic E-state index is -0.340. The van der Waals surface area contributed by atoms with E-state index in [9.17, 15) is 9.59 Å². The Morgan fingerprint density at radius 3 is 2.50 bits per heavy atom. The summed E-state index contributed by atoms with van der Waals surface area (Å²) in [5.74, 6) is 0.800.